The average molecular weight is 451 g/mol. The number of nitrogens with zero attached hydrogens (tertiary/aromatic N) is 1. The number of hydrogen-bond acceptors (Lipinski definition) is 4. The monoisotopic (exact) mass is 450 g/mol. The molecule has 0 unspecified atom stereocenters. The molecule has 0 spiro atoms. The van der Waals surface area contributed by atoms with Crippen molar-refractivity contribution >= 4 is 46.3 Å². The zero-order valence-electron chi connectivity index (χ0n) is 16.0. The van der Waals surface area contributed by atoms with E-state index in [1.54, 1.807) is 11.8 Å². The second-order valence-corrected chi connectivity index (χ2v) is 8.96. The van der Waals surface area contributed by atoms with E-state index in [2.05, 4.69) is 22.4 Å². The van der Waals surface area contributed by atoms with Crippen LogP contribution in [0.5, 0.6) is 0 Å². The van der Waals surface area contributed by atoms with Gasteiger partial charge in [-0.25, -0.2) is 4.98 Å². The highest BCUT2D eigenvalue weighted by atomic mass is 35.5. The van der Waals surface area contributed by atoms with Crippen molar-refractivity contribution < 1.29 is 4.79 Å². The molecule has 4 rings (SSSR count). The first-order valence-corrected chi connectivity index (χ1v) is 11.7. The molecule has 0 aliphatic rings. The highest BCUT2D eigenvalue weighted by Gasteiger charge is 2.12. The lowest BCUT2D eigenvalue weighted by Crippen LogP contribution is -2.15. The molecule has 0 bridgehead atoms. The van der Waals surface area contributed by atoms with Gasteiger partial charge in [0.1, 0.15) is 5.01 Å². The normalized spacial score (nSPS) is 10.7. The molecule has 0 radical (unpaired) electrons. The molecule has 6 heteroatoms. The van der Waals surface area contributed by atoms with Gasteiger partial charge >= 0.3 is 0 Å². The number of benzene rings is 3. The van der Waals surface area contributed by atoms with Crippen molar-refractivity contribution in [1.82, 2.24) is 4.98 Å². The summed E-state index contributed by atoms with van der Waals surface area (Å²) in [5.74, 6) is 0.772. The molecule has 4 aromatic rings. The van der Waals surface area contributed by atoms with E-state index >= 15 is 0 Å². The summed E-state index contributed by atoms with van der Waals surface area (Å²) in [6.45, 7) is 0. The number of thiazole rings is 1. The zero-order chi connectivity index (χ0) is 20.8. The number of carbonyl (C=O) groups is 1. The van der Waals surface area contributed by atoms with E-state index in [0.717, 1.165) is 32.6 Å². The highest BCUT2D eigenvalue weighted by Crippen LogP contribution is 2.30. The molecule has 0 saturated heterocycles. The number of hydrogen-bond donors (Lipinski definition) is 1. The van der Waals surface area contributed by atoms with Crippen molar-refractivity contribution in [3.63, 3.8) is 0 Å². The minimum absolute atomic E-state index is 0.0781. The second kappa shape index (κ2) is 9.94. The van der Waals surface area contributed by atoms with E-state index in [1.165, 1.54) is 16.9 Å². The molecule has 0 atom stereocenters. The average Bonchev–Trinajstić information content (AvgIpc) is 3.22. The molecule has 1 heterocycles. The Bertz CT molecular complexity index is 1140. The van der Waals surface area contributed by atoms with Crippen molar-refractivity contribution in [3.05, 3.63) is 101 Å². The van der Waals surface area contributed by atoms with Gasteiger partial charge in [-0.05, 0) is 29.8 Å². The fourth-order valence-electron chi connectivity index (χ4n) is 2.93. The van der Waals surface area contributed by atoms with Crippen LogP contribution >= 0.6 is 34.7 Å². The van der Waals surface area contributed by atoms with Crippen LogP contribution in [-0.2, 0) is 17.0 Å². The number of rotatable bonds is 7. The Hall–Kier alpha value is -2.60. The van der Waals surface area contributed by atoms with E-state index in [9.17, 15) is 4.79 Å². The van der Waals surface area contributed by atoms with Gasteiger partial charge in [0.2, 0.25) is 5.91 Å². The van der Waals surface area contributed by atoms with Crippen molar-refractivity contribution in [3.8, 4) is 10.6 Å². The van der Waals surface area contributed by atoms with E-state index in [1.807, 2.05) is 72.1 Å². The van der Waals surface area contributed by atoms with Crippen LogP contribution in [0.2, 0.25) is 5.02 Å². The number of aromatic nitrogens is 1. The Balaban J connectivity index is 1.40. The standard InChI is InChI=1S/C24H19ClN2OS2/c25-19-10-6-9-18(13-19)24-26-20(16-30-24)14-23(28)27-21-11-4-5-12-22(21)29-15-17-7-2-1-3-8-17/h1-13,16H,14-15H2,(H,27,28). The quantitative estimate of drug-likeness (QED) is 0.310. The van der Waals surface area contributed by atoms with Gasteiger partial charge in [-0.15, -0.1) is 23.1 Å². The van der Waals surface area contributed by atoms with E-state index in [-0.39, 0.29) is 12.3 Å². The second-order valence-electron chi connectivity index (χ2n) is 6.65. The summed E-state index contributed by atoms with van der Waals surface area (Å²) in [4.78, 5) is 18.3. The predicted molar refractivity (Wildman–Crippen MR) is 127 cm³/mol. The van der Waals surface area contributed by atoms with Gasteiger partial charge < -0.3 is 5.32 Å². The van der Waals surface area contributed by atoms with Crippen LogP contribution in [0.25, 0.3) is 10.6 Å². The molecule has 30 heavy (non-hydrogen) atoms. The molecule has 1 N–H and O–H groups in total. The van der Waals surface area contributed by atoms with Gasteiger partial charge in [0, 0.05) is 26.6 Å². The molecule has 150 valence electrons. The van der Waals surface area contributed by atoms with E-state index in [0.29, 0.717) is 5.02 Å². The molecule has 0 aliphatic heterocycles. The lowest BCUT2D eigenvalue weighted by atomic mass is 10.2. The number of thioether (sulfide) groups is 1. The maximum absolute atomic E-state index is 12.6. The van der Waals surface area contributed by atoms with Crippen LogP contribution in [-0.4, -0.2) is 10.9 Å². The van der Waals surface area contributed by atoms with E-state index < -0.39 is 0 Å². The molecule has 3 aromatic carbocycles. The number of nitrogens with one attached hydrogen (secondary N) is 1. The van der Waals surface area contributed by atoms with Crippen molar-refractivity contribution in [2.45, 2.75) is 17.1 Å². The molecule has 0 fully saturated rings. The fraction of sp³-hybridized carbons (Fsp3) is 0.0833. The van der Waals surface area contributed by atoms with Gasteiger partial charge in [0.15, 0.2) is 0 Å². The third kappa shape index (κ3) is 5.51. The summed E-state index contributed by atoms with van der Waals surface area (Å²) in [5, 5.41) is 6.49. The lowest BCUT2D eigenvalue weighted by molar-refractivity contribution is -0.115. The van der Waals surface area contributed by atoms with Gasteiger partial charge in [-0.1, -0.05) is 66.2 Å². The minimum Gasteiger partial charge on any atom is -0.325 e. The number of carbonyl (C=O) groups excluding carboxylic acids is 1. The first-order chi connectivity index (χ1) is 14.7. The van der Waals surface area contributed by atoms with Crippen molar-refractivity contribution in [2.75, 3.05) is 5.32 Å². The summed E-state index contributed by atoms with van der Waals surface area (Å²) in [5.41, 5.74) is 3.79. The van der Waals surface area contributed by atoms with Crippen LogP contribution in [0, 0.1) is 0 Å². The van der Waals surface area contributed by atoms with Gasteiger partial charge in [0.05, 0.1) is 17.8 Å². The number of halogens is 1. The molecule has 0 aliphatic carbocycles. The zero-order valence-corrected chi connectivity index (χ0v) is 18.4. The van der Waals surface area contributed by atoms with Crippen LogP contribution in [0.1, 0.15) is 11.3 Å². The first-order valence-electron chi connectivity index (χ1n) is 9.43. The van der Waals surface area contributed by atoms with Gasteiger partial charge in [0.25, 0.3) is 0 Å². The number of para-hydroxylation sites is 1. The third-order valence-electron chi connectivity index (χ3n) is 4.36. The van der Waals surface area contributed by atoms with Gasteiger partial charge in [-0.3, -0.25) is 4.79 Å². The summed E-state index contributed by atoms with van der Waals surface area (Å²) >= 11 is 9.29. The molecular weight excluding hydrogens is 432 g/mol. The highest BCUT2D eigenvalue weighted by molar-refractivity contribution is 7.98. The fourth-order valence-corrected chi connectivity index (χ4v) is 4.90. The van der Waals surface area contributed by atoms with Crippen molar-refractivity contribution in [2.24, 2.45) is 0 Å². The molecule has 3 nitrogen and oxygen atoms in total. The van der Waals surface area contributed by atoms with E-state index in [4.69, 9.17) is 11.6 Å². The summed E-state index contributed by atoms with van der Waals surface area (Å²) in [7, 11) is 0. The summed E-state index contributed by atoms with van der Waals surface area (Å²) in [6, 6.07) is 25.8. The topological polar surface area (TPSA) is 42.0 Å². The maximum Gasteiger partial charge on any atom is 0.230 e. The predicted octanol–water partition coefficient (Wildman–Crippen LogP) is 6.94. The summed E-state index contributed by atoms with van der Waals surface area (Å²) < 4.78 is 0. The smallest absolute Gasteiger partial charge is 0.230 e. The summed E-state index contributed by atoms with van der Waals surface area (Å²) in [6.07, 6.45) is 0.231. The van der Waals surface area contributed by atoms with Gasteiger partial charge in [-0.2, -0.15) is 0 Å². The Morgan fingerprint density at radius 3 is 2.63 bits per heavy atom. The van der Waals surface area contributed by atoms with Crippen LogP contribution in [0.3, 0.4) is 0 Å². The van der Waals surface area contributed by atoms with Crippen LogP contribution in [0.4, 0.5) is 5.69 Å². The Morgan fingerprint density at radius 2 is 1.80 bits per heavy atom. The Morgan fingerprint density at radius 1 is 1.00 bits per heavy atom. The molecule has 1 aromatic heterocycles. The molecule has 0 saturated carbocycles. The number of anilines is 1. The van der Waals surface area contributed by atoms with Crippen LogP contribution < -0.4 is 5.32 Å². The SMILES string of the molecule is O=C(Cc1csc(-c2cccc(Cl)c2)n1)Nc1ccccc1SCc1ccccc1. The minimum atomic E-state index is -0.0781. The van der Waals surface area contributed by atoms with Crippen molar-refractivity contribution in [1.29, 1.82) is 0 Å². The molecular formula is C24H19ClN2OS2. The Labute approximate surface area is 189 Å². The third-order valence-corrected chi connectivity index (χ3v) is 6.68. The number of amides is 1. The Kier molecular flexibility index (Phi) is 6.84. The first kappa shape index (κ1) is 20.7. The van der Waals surface area contributed by atoms with Crippen LogP contribution in [0.15, 0.2) is 89.1 Å². The molecule has 1 amide bonds. The maximum atomic E-state index is 12.6. The lowest BCUT2D eigenvalue weighted by Gasteiger charge is -2.10. The largest absolute Gasteiger partial charge is 0.325 e.